The number of nitrogens with zero attached hydrogens (tertiary/aromatic N) is 2. The van der Waals surface area contributed by atoms with Crippen molar-refractivity contribution in [1.29, 1.82) is 0 Å². The Kier molecular flexibility index (Phi) is 6.28. The molecule has 0 spiro atoms. The molecule has 162 valence electrons. The lowest BCUT2D eigenvalue weighted by atomic mass is 10.0. The molecule has 0 bridgehead atoms. The smallest absolute Gasteiger partial charge is 0.338 e. The normalized spacial score (nSPS) is 16.2. The van der Waals surface area contributed by atoms with Gasteiger partial charge in [0.2, 0.25) is 0 Å². The Morgan fingerprint density at radius 2 is 1.88 bits per heavy atom. The minimum Gasteiger partial charge on any atom is -0.463 e. The van der Waals surface area contributed by atoms with Crippen molar-refractivity contribution in [3.05, 3.63) is 109 Å². The maximum absolute atomic E-state index is 13.3. The molecule has 1 aromatic heterocycles. The second kappa shape index (κ2) is 9.28. The minimum atomic E-state index is -0.652. The van der Waals surface area contributed by atoms with Crippen LogP contribution in [0.25, 0.3) is 12.2 Å². The van der Waals surface area contributed by atoms with Crippen LogP contribution < -0.4 is 14.9 Å². The first kappa shape index (κ1) is 21.6. The molecule has 1 atom stereocenters. The van der Waals surface area contributed by atoms with E-state index in [1.54, 1.807) is 32.1 Å². The maximum atomic E-state index is 13.3. The van der Waals surface area contributed by atoms with Gasteiger partial charge >= 0.3 is 5.97 Å². The Bertz CT molecular complexity index is 1380. The van der Waals surface area contributed by atoms with Crippen molar-refractivity contribution in [2.24, 2.45) is 4.99 Å². The highest BCUT2D eigenvalue weighted by Gasteiger charge is 2.30. The molecule has 1 aliphatic rings. The van der Waals surface area contributed by atoms with Crippen LogP contribution in [-0.4, -0.2) is 17.1 Å². The number of halogens is 1. The average Bonchev–Trinajstić information content (AvgIpc) is 3.09. The Morgan fingerprint density at radius 3 is 2.56 bits per heavy atom. The van der Waals surface area contributed by atoms with E-state index in [0.717, 1.165) is 5.56 Å². The molecule has 7 heteroatoms. The minimum absolute atomic E-state index is 0.222. The number of carbonyl (C=O) groups is 1. The molecule has 3 aromatic rings. The molecule has 4 rings (SSSR count). The van der Waals surface area contributed by atoms with Crippen molar-refractivity contribution >= 4 is 29.5 Å². The Hall–Kier alpha value is -3.58. The van der Waals surface area contributed by atoms with Crippen molar-refractivity contribution in [1.82, 2.24) is 4.57 Å². The van der Waals surface area contributed by atoms with Crippen LogP contribution in [0.15, 0.2) is 81.7 Å². The Labute approximate surface area is 188 Å². The van der Waals surface area contributed by atoms with Gasteiger partial charge in [-0.1, -0.05) is 66.0 Å². The molecule has 0 aliphatic carbocycles. The van der Waals surface area contributed by atoms with Gasteiger partial charge in [-0.25, -0.2) is 14.2 Å². The molecule has 0 radical (unpaired) electrons. The van der Waals surface area contributed by atoms with Gasteiger partial charge in [-0.3, -0.25) is 9.36 Å². The van der Waals surface area contributed by atoms with E-state index in [4.69, 9.17) is 4.74 Å². The number of hydrogen-bond donors (Lipinski definition) is 0. The van der Waals surface area contributed by atoms with E-state index in [1.165, 1.54) is 28.0 Å². The van der Waals surface area contributed by atoms with E-state index in [-0.39, 0.29) is 18.0 Å². The summed E-state index contributed by atoms with van der Waals surface area (Å²) in [6.45, 7) is 3.70. The summed E-state index contributed by atoms with van der Waals surface area (Å²) in [5.41, 5.74) is 2.23. The zero-order valence-electron chi connectivity index (χ0n) is 17.6. The number of aromatic nitrogens is 1. The third kappa shape index (κ3) is 4.38. The van der Waals surface area contributed by atoms with Crippen molar-refractivity contribution in [2.75, 3.05) is 6.61 Å². The number of allylic oxidation sites excluding steroid dienone is 2. The van der Waals surface area contributed by atoms with Gasteiger partial charge in [0.05, 0.1) is 28.5 Å². The third-order valence-corrected chi connectivity index (χ3v) is 5.98. The molecule has 0 saturated heterocycles. The monoisotopic (exact) mass is 448 g/mol. The molecule has 5 nitrogen and oxygen atoms in total. The highest BCUT2D eigenvalue weighted by molar-refractivity contribution is 7.07. The number of esters is 1. The standard InChI is InChI=1S/C25H21FN2O3S/c1-3-31-24(30)22-16(2)27-25-28(20(22)14-11-17-7-5-4-6-8-17)23(29)21(32-25)15-18-9-12-19(26)13-10-18/h4-15,20H,3H2,1-2H3/b14-11+,21-15?. The summed E-state index contributed by atoms with van der Waals surface area (Å²) in [6, 6.07) is 14.9. The highest BCUT2D eigenvalue weighted by Crippen LogP contribution is 2.26. The summed E-state index contributed by atoms with van der Waals surface area (Å²) < 4.78 is 20.5. The average molecular weight is 449 g/mol. The first-order valence-corrected chi connectivity index (χ1v) is 11.0. The molecule has 0 saturated carbocycles. The first-order chi connectivity index (χ1) is 15.5. The Morgan fingerprint density at radius 1 is 1.16 bits per heavy atom. The molecule has 1 unspecified atom stereocenters. The van der Waals surface area contributed by atoms with Gasteiger partial charge in [0, 0.05) is 0 Å². The second-order valence-corrected chi connectivity index (χ2v) is 8.18. The van der Waals surface area contributed by atoms with Crippen LogP contribution >= 0.6 is 11.3 Å². The first-order valence-electron chi connectivity index (χ1n) is 10.2. The van der Waals surface area contributed by atoms with E-state index in [2.05, 4.69) is 4.99 Å². The van der Waals surface area contributed by atoms with Crippen LogP contribution in [0.3, 0.4) is 0 Å². The van der Waals surface area contributed by atoms with Gasteiger partial charge < -0.3 is 4.74 Å². The number of thiazole rings is 1. The zero-order chi connectivity index (χ0) is 22.7. The predicted octanol–water partition coefficient (Wildman–Crippen LogP) is 3.60. The van der Waals surface area contributed by atoms with Gasteiger partial charge in [0.25, 0.3) is 5.56 Å². The van der Waals surface area contributed by atoms with Gasteiger partial charge in [-0.05, 0) is 43.2 Å². The fourth-order valence-electron chi connectivity index (χ4n) is 3.49. The summed E-state index contributed by atoms with van der Waals surface area (Å²) in [4.78, 5) is 31.1. The fourth-order valence-corrected chi connectivity index (χ4v) is 4.55. The third-order valence-electron chi connectivity index (χ3n) is 5.00. The quantitative estimate of drug-likeness (QED) is 0.561. The van der Waals surface area contributed by atoms with Crippen LogP contribution in [-0.2, 0) is 9.53 Å². The van der Waals surface area contributed by atoms with Gasteiger partial charge in [0.1, 0.15) is 5.82 Å². The van der Waals surface area contributed by atoms with Crippen LogP contribution in [0.2, 0.25) is 0 Å². The highest BCUT2D eigenvalue weighted by atomic mass is 32.1. The van der Waals surface area contributed by atoms with E-state index in [9.17, 15) is 14.0 Å². The molecule has 32 heavy (non-hydrogen) atoms. The van der Waals surface area contributed by atoms with Crippen LogP contribution in [0.1, 0.15) is 31.0 Å². The van der Waals surface area contributed by atoms with Crippen LogP contribution in [0.5, 0.6) is 0 Å². The number of ether oxygens (including phenoxy) is 1. The summed E-state index contributed by atoms with van der Waals surface area (Å²) in [5, 5.41) is 0. The van der Waals surface area contributed by atoms with Crippen LogP contribution in [0.4, 0.5) is 4.39 Å². The van der Waals surface area contributed by atoms with Crippen molar-refractivity contribution < 1.29 is 13.9 Å². The van der Waals surface area contributed by atoms with E-state index in [0.29, 0.717) is 26.2 Å². The summed E-state index contributed by atoms with van der Waals surface area (Å²) in [6.07, 6.45) is 5.39. The lowest BCUT2D eigenvalue weighted by Gasteiger charge is -2.21. The number of rotatable bonds is 5. The lowest BCUT2D eigenvalue weighted by Crippen LogP contribution is -2.38. The molecule has 0 amide bonds. The van der Waals surface area contributed by atoms with Crippen molar-refractivity contribution in [3.63, 3.8) is 0 Å². The molecule has 0 fully saturated rings. The van der Waals surface area contributed by atoms with Crippen molar-refractivity contribution in [2.45, 2.75) is 19.9 Å². The van der Waals surface area contributed by atoms with Gasteiger partial charge in [0.15, 0.2) is 4.80 Å². The number of fused-ring (bicyclic) bond motifs is 1. The maximum Gasteiger partial charge on any atom is 0.338 e. The van der Waals surface area contributed by atoms with E-state index >= 15 is 0 Å². The SMILES string of the molecule is CCOC(=O)C1=C(C)N=c2sc(=Cc3ccc(F)cc3)c(=O)n2C1/C=C/c1ccccc1. The molecule has 1 aliphatic heterocycles. The summed E-state index contributed by atoms with van der Waals surface area (Å²) >= 11 is 1.23. The Balaban J connectivity index is 1.87. The zero-order valence-corrected chi connectivity index (χ0v) is 18.4. The van der Waals surface area contributed by atoms with Gasteiger partial charge in [-0.15, -0.1) is 0 Å². The predicted molar refractivity (Wildman–Crippen MR) is 123 cm³/mol. The summed E-state index contributed by atoms with van der Waals surface area (Å²) in [7, 11) is 0. The number of carbonyl (C=O) groups excluding carboxylic acids is 1. The molecular formula is C25H21FN2O3S. The topological polar surface area (TPSA) is 60.7 Å². The number of hydrogen-bond acceptors (Lipinski definition) is 5. The van der Waals surface area contributed by atoms with Crippen molar-refractivity contribution in [3.8, 4) is 0 Å². The fraction of sp³-hybridized carbons (Fsp3) is 0.160. The second-order valence-electron chi connectivity index (χ2n) is 7.17. The lowest BCUT2D eigenvalue weighted by molar-refractivity contribution is -0.139. The summed E-state index contributed by atoms with van der Waals surface area (Å²) in [5.74, 6) is -0.839. The molecular weight excluding hydrogens is 427 g/mol. The van der Waals surface area contributed by atoms with Gasteiger partial charge in [-0.2, -0.15) is 0 Å². The molecule has 2 aromatic carbocycles. The number of benzene rings is 2. The van der Waals surface area contributed by atoms with E-state index in [1.807, 2.05) is 42.5 Å². The van der Waals surface area contributed by atoms with E-state index < -0.39 is 12.0 Å². The largest absolute Gasteiger partial charge is 0.463 e. The van der Waals surface area contributed by atoms with Crippen LogP contribution in [0, 0.1) is 5.82 Å². The molecule has 0 N–H and O–H groups in total. The molecule has 2 heterocycles.